The second kappa shape index (κ2) is 3.95. The van der Waals surface area contributed by atoms with Crippen LogP contribution < -0.4 is 0 Å². The van der Waals surface area contributed by atoms with Crippen LogP contribution in [0, 0.1) is 0 Å². The lowest BCUT2D eigenvalue weighted by molar-refractivity contribution is 0.224. The van der Waals surface area contributed by atoms with Crippen LogP contribution in [0.2, 0.25) is 0 Å². The number of nitrogens with zero attached hydrogens (tertiary/aromatic N) is 2. The highest BCUT2D eigenvalue weighted by atomic mass is 15.1. The molecule has 1 aliphatic heterocycles. The summed E-state index contributed by atoms with van der Waals surface area (Å²) in [6.45, 7) is 2.34. The largest absolute Gasteiger partial charge is 0.344 e. The average molecular weight is 215 g/mol. The molecular formula is C14H18N2. The van der Waals surface area contributed by atoms with Gasteiger partial charge in [0.05, 0.1) is 1.37 Å². The van der Waals surface area contributed by atoms with E-state index < -0.39 is 0 Å². The van der Waals surface area contributed by atoms with E-state index in [1.165, 1.54) is 36.8 Å². The van der Waals surface area contributed by atoms with E-state index in [4.69, 9.17) is 1.37 Å². The predicted octanol–water partition coefficient (Wildman–Crippen LogP) is 2.91. The molecule has 1 aliphatic rings. The maximum atomic E-state index is 7.74. The molecule has 0 N–H and O–H groups in total. The van der Waals surface area contributed by atoms with E-state index in [2.05, 4.69) is 28.8 Å². The number of para-hydroxylation sites is 1. The van der Waals surface area contributed by atoms with E-state index in [1.807, 2.05) is 18.2 Å². The zero-order chi connectivity index (χ0) is 11.8. The van der Waals surface area contributed by atoms with Gasteiger partial charge in [-0.25, -0.2) is 0 Å². The second-order valence-corrected chi connectivity index (χ2v) is 4.74. The van der Waals surface area contributed by atoms with Crippen molar-refractivity contribution in [2.75, 3.05) is 20.1 Å². The Morgan fingerprint density at radius 2 is 2.06 bits per heavy atom. The van der Waals surface area contributed by atoms with Crippen molar-refractivity contribution in [3.8, 4) is 0 Å². The average Bonchev–Trinajstić information content (AvgIpc) is 2.73. The summed E-state index contributed by atoms with van der Waals surface area (Å²) < 4.78 is 10.1. The first kappa shape index (κ1) is 8.82. The van der Waals surface area contributed by atoms with Crippen molar-refractivity contribution in [1.29, 1.82) is 0 Å². The van der Waals surface area contributed by atoms with Crippen molar-refractivity contribution < 1.29 is 1.37 Å². The molecule has 1 saturated heterocycles. The number of hydrogen-bond donors (Lipinski definition) is 0. The molecule has 2 aromatic rings. The summed E-state index contributed by atoms with van der Waals surface area (Å²) in [7, 11) is 2.19. The molecule has 1 fully saturated rings. The standard InChI is InChI=1S/C14H18N2/c1-15-9-7-13(8-10-15)16-11-6-12-4-2-3-5-14(12)16/h2-6,11,13H,7-10H2,1H3/i3D. The summed E-state index contributed by atoms with van der Waals surface area (Å²) in [4.78, 5) is 2.39. The minimum Gasteiger partial charge on any atom is -0.344 e. The molecule has 0 aliphatic carbocycles. The highest BCUT2D eigenvalue weighted by Gasteiger charge is 2.18. The Balaban J connectivity index is 1.97. The van der Waals surface area contributed by atoms with E-state index in [1.54, 1.807) is 0 Å². The molecule has 84 valence electrons. The van der Waals surface area contributed by atoms with Crippen molar-refractivity contribution in [3.05, 3.63) is 36.5 Å². The molecule has 0 amide bonds. The highest BCUT2D eigenvalue weighted by Crippen LogP contribution is 2.26. The maximum absolute atomic E-state index is 7.74. The van der Waals surface area contributed by atoms with E-state index in [0.29, 0.717) is 12.1 Å². The first-order valence-corrected chi connectivity index (χ1v) is 6.00. The van der Waals surface area contributed by atoms with Gasteiger partial charge in [-0.1, -0.05) is 18.2 Å². The minimum absolute atomic E-state index is 0.602. The van der Waals surface area contributed by atoms with Gasteiger partial charge in [-0.05, 0) is 50.5 Å². The second-order valence-electron chi connectivity index (χ2n) is 4.74. The third-order valence-electron chi connectivity index (χ3n) is 3.65. The molecule has 2 nitrogen and oxygen atoms in total. The summed E-state index contributed by atoms with van der Waals surface area (Å²) in [5.74, 6) is 0. The van der Waals surface area contributed by atoms with Gasteiger partial charge >= 0.3 is 0 Å². The van der Waals surface area contributed by atoms with Gasteiger partial charge in [0.25, 0.3) is 0 Å². The molecular weight excluding hydrogens is 196 g/mol. The fourth-order valence-corrected chi connectivity index (χ4v) is 2.63. The summed E-state index contributed by atoms with van der Waals surface area (Å²) >= 11 is 0. The van der Waals surface area contributed by atoms with Crippen molar-refractivity contribution in [2.45, 2.75) is 18.9 Å². The minimum atomic E-state index is 0.602. The highest BCUT2D eigenvalue weighted by molar-refractivity contribution is 5.80. The summed E-state index contributed by atoms with van der Waals surface area (Å²) in [6, 6.07) is 9.25. The molecule has 0 atom stereocenters. The molecule has 3 rings (SSSR count). The van der Waals surface area contributed by atoms with E-state index >= 15 is 0 Å². The Bertz CT molecular complexity index is 524. The zero-order valence-electron chi connectivity index (χ0n) is 10.7. The molecule has 0 bridgehead atoms. The number of aromatic nitrogens is 1. The van der Waals surface area contributed by atoms with E-state index in [-0.39, 0.29) is 0 Å². The van der Waals surface area contributed by atoms with Crippen LogP contribution in [-0.4, -0.2) is 29.6 Å². The Morgan fingerprint density at radius 3 is 2.88 bits per heavy atom. The first-order chi connectivity index (χ1) is 8.24. The predicted molar refractivity (Wildman–Crippen MR) is 67.7 cm³/mol. The summed E-state index contributed by atoms with van der Waals surface area (Å²) in [5, 5.41) is 1.25. The number of likely N-dealkylation sites (tertiary alicyclic amines) is 1. The third-order valence-corrected chi connectivity index (χ3v) is 3.65. The number of rotatable bonds is 1. The number of hydrogen-bond acceptors (Lipinski definition) is 1. The van der Waals surface area contributed by atoms with Gasteiger partial charge in [-0.2, -0.15) is 0 Å². The fourth-order valence-electron chi connectivity index (χ4n) is 2.63. The Kier molecular flexibility index (Phi) is 2.18. The van der Waals surface area contributed by atoms with Crippen molar-refractivity contribution in [1.82, 2.24) is 9.47 Å². The zero-order valence-corrected chi connectivity index (χ0v) is 9.69. The first-order valence-electron chi connectivity index (χ1n) is 6.50. The molecule has 0 radical (unpaired) electrons. The molecule has 2 heterocycles. The van der Waals surface area contributed by atoms with Crippen molar-refractivity contribution in [3.63, 3.8) is 0 Å². The molecule has 1 aromatic carbocycles. The number of piperidine rings is 1. The third kappa shape index (κ3) is 1.63. The fraction of sp³-hybridized carbons (Fsp3) is 0.429. The van der Waals surface area contributed by atoms with Crippen LogP contribution >= 0.6 is 0 Å². The SMILES string of the molecule is [2H]c1ccc2ccn(C3CCN(C)CC3)c2c1. The molecule has 16 heavy (non-hydrogen) atoms. The lowest BCUT2D eigenvalue weighted by Crippen LogP contribution is -2.31. The van der Waals surface area contributed by atoms with Crippen LogP contribution in [0.5, 0.6) is 0 Å². The van der Waals surface area contributed by atoms with Gasteiger partial charge < -0.3 is 9.47 Å². The molecule has 2 heteroatoms. The maximum Gasteiger partial charge on any atom is 0.0623 e. The van der Waals surface area contributed by atoms with Crippen molar-refractivity contribution >= 4 is 10.9 Å². The quantitative estimate of drug-likeness (QED) is 0.710. The lowest BCUT2D eigenvalue weighted by atomic mass is 10.1. The van der Waals surface area contributed by atoms with Gasteiger partial charge in [-0.3, -0.25) is 0 Å². The molecule has 1 aromatic heterocycles. The molecule has 0 unspecified atom stereocenters. The Hall–Kier alpha value is -1.28. The number of fused-ring (bicyclic) bond motifs is 1. The Labute approximate surface area is 97.9 Å². The molecule has 0 spiro atoms. The normalized spacial score (nSPS) is 20.2. The monoisotopic (exact) mass is 215 g/mol. The Morgan fingerprint density at radius 1 is 1.25 bits per heavy atom. The van der Waals surface area contributed by atoms with Crippen molar-refractivity contribution in [2.24, 2.45) is 0 Å². The lowest BCUT2D eigenvalue weighted by Gasteiger charge is -2.30. The van der Waals surface area contributed by atoms with Gasteiger partial charge in [-0.15, -0.1) is 0 Å². The van der Waals surface area contributed by atoms with Crippen LogP contribution in [0.4, 0.5) is 0 Å². The van der Waals surface area contributed by atoms with E-state index in [9.17, 15) is 0 Å². The van der Waals surface area contributed by atoms with Gasteiger partial charge in [0.2, 0.25) is 0 Å². The van der Waals surface area contributed by atoms with Crippen LogP contribution in [0.25, 0.3) is 10.9 Å². The van der Waals surface area contributed by atoms with Gasteiger partial charge in [0.15, 0.2) is 0 Å². The topological polar surface area (TPSA) is 8.17 Å². The van der Waals surface area contributed by atoms with Crippen LogP contribution in [0.3, 0.4) is 0 Å². The van der Waals surface area contributed by atoms with Crippen LogP contribution in [0.1, 0.15) is 20.3 Å². The number of benzene rings is 1. The van der Waals surface area contributed by atoms with Gasteiger partial charge in [0, 0.05) is 17.8 Å². The summed E-state index contributed by atoms with van der Waals surface area (Å²) in [5.41, 5.74) is 1.21. The smallest absolute Gasteiger partial charge is 0.0623 e. The van der Waals surface area contributed by atoms with Gasteiger partial charge in [0.1, 0.15) is 0 Å². The summed E-state index contributed by atoms with van der Waals surface area (Å²) in [6.07, 6.45) is 4.60. The van der Waals surface area contributed by atoms with Crippen LogP contribution in [0.15, 0.2) is 36.5 Å². The van der Waals surface area contributed by atoms with Crippen LogP contribution in [-0.2, 0) is 0 Å². The molecule has 0 saturated carbocycles. The van der Waals surface area contributed by atoms with E-state index in [0.717, 1.165) is 0 Å².